The molecule has 7 aromatic rings. The molecule has 0 amide bonds. The van der Waals surface area contributed by atoms with Crippen LogP contribution in [0.15, 0.2) is 121 Å². The van der Waals surface area contributed by atoms with E-state index >= 15 is 0 Å². The summed E-state index contributed by atoms with van der Waals surface area (Å²) in [4.78, 5) is 10.6. The first-order chi connectivity index (χ1) is 19.6. The highest BCUT2D eigenvalue weighted by molar-refractivity contribution is 7.26. The van der Waals surface area contributed by atoms with Gasteiger partial charge in [-0.1, -0.05) is 123 Å². The van der Waals surface area contributed by atoms with Gasteiger partial charge in [-0.3, -0.25) is 0 Å². The number of aromatic nitrogens is 2. The molecule has 0 aliphatic heterocycles. The fourth-order valence-corrected chi connectivity index (χ4v) is 7.59. The zero-order valence-corrected chi connectivity index (χ0v) is 23.2. The molecule has 0 N–H and O–H groups in total. The second-order valence-corrected chi connectivity index (χ2v) is 12.1. The van der Waals surface area contributed by atoms with Gasteiger partial charge in [-0.05, 0) is 28.8 Å². The molecule has 0 radical (unpaired) electrons. The molecule has 1 aliphatic rings. The summed E-state index contributed by atoms with van der Waals surface area (Å²) in [5.41, 5.74) is 10.2. The molecule has 0 atom stereocenters. The summed E-state index contributed by atoms with van der Waals surface area (Å²) in [6.07, 6.45) is 0. The Labute approximate surface area is 237 Å². The summed E-state index contributed by atoms with van der Waals surface area (Å²) in [5.74, 6) is 0.760. The lowest BCUT2D eigenvalue weighted by atomic mass is 9.81. The molecule has 0 saturated carbocycles. The molecule has 1 aliphatic carbocycles. The van der Waals surface area contributed by atoms with Crippen LogP contribution in [0, 0.1) is 0 Å². The van der Waals surface area contributed by atoms with E-state index in [0.717, 1.165) is 28.3 Å². The van der Waals surface area contributed by atoms with Crippen LogP contribution >= 0.6 is 11.3 Å². The first kappa shape index (κ1) is 23.3. The maximum atomic E-state index is 5.29. The molecule has 0 bridgehead atoms. The highest BCUT2D eigenvalue weighted by Crippen LogP contribution is 2.51. The number of benzene rings is 5. The molecule has 8 rings (SSSR count). The number of fused-ring (bicyclic) bond motifs is 6. The van der Waals surface area contributed by atoms with Crippen LogP contribution in [-0.4, -0.2) is 9.97 Å². The standard InChI is InChI=1S/C37H26N2S/c1-37(2)30-20-8-6-17-29(30)34-32(37)33(23-12-4-3-5-13-23)38-36(39-34)25-15-10-14-24(22-25)26-18-11-19-28-27-16-7-9-21-31(27)40-35(26)28/h3-22H,1-2H3. The van der Waals surface area contributed by atoms with Crippen LogP contribution in [0.5, 0.6) is 0 Å². The maximum absolute atomic E-state index is 5.29. The van der Waals surface area contributed by atoms with Crippen LogP contribution < -0.4 is 0 Å². The van der Waals surface area contributed by atoms with Crippen molar-refractivity contribution in [2.45, 2.75) is 19.3 Å². The van der Waals surface area contributed by atoms with E-state index in [-0.39, 0.29) is 5.41 Å². The number of hydrogen-bond donors (Lipinski definition) is 0. The fourth-order valence-electron chi connectivity index (χ4n) is 6.35. The van der Waals surface area contributed by atoms with Gasteiger partial charge in [-0.25, -0.2) is 9.97 Å². The lowest BCUT2D eigenvalue weighted by molar-refractivity contribution is 0.658. The van der Waals surface area contributed by atoms with Crippen molar-refractivity contribution in [1.29, 1.82) is 0 Å². The van der Waals surface area contributed by atoms with E-state index < -0.39 is 0 Å². The number of nitrogens with zero attached hydrogens (tertiary/aromatic N) is 2. The highest BCUT2D eigenvalue weighted by Gasteiger charge is 2.39. The zero-order valence-electron chi connectivity index (χ0n) is 22.3. The first-order valence-electron chi connectivity index (χ1n) is 13.7. The average molecular weight is 531 g/mol. The SMILES string of the molecule is CC1(C)c2ccccc2-c2nc(-c3cccc(-c4cccc5c4sc4ccccc45)c3)nc(-c3ccccc3)c21. The van der Waals surface area contributed by atoms with E-state index in [4.69, 9.17) is 9.97 Å². The lowest BCUT2D eigenvalue weighted by Crippen LogP contribution is -2.17. The summed E-state index contributed by atoms with van der Waals surface area (Å²) < 4.78 is 2.63. The van der Waals surface area contributed by atoms with E-state index in [2.05, 4.69) is 135 Å². The molecule has 2 nitrogen and oxygen atoms in total. The van der Waals surface area contributed by atoms with Gasteiger partial charge in [0.05, 0.1) is 11.4 Å². The van der Waals surface area contributed by atoms with Crippen molar-refractivity contribution in [3.05, 3.63) is 132 Å². The first-order valence-corrected chi connectivity index (χ1v) is 14.5. The van der Waals surface area contributed by atoms with Crippen LogP contribution in [0.1, 0.15) is 25.0 Å². The molecular weight excluding hydrogens is 504 g/mol. The minimum Gasteiger partial charge on any atom is -0.228 e. The van der Waals surface area contributed by atoms with Gasteiger partial charge in [0.1, 0.15) is 0 Å². The predicted octanol–water partition coefficient (Wildman–Crippen LogP) is 10.2. The van der Waals surface area contributed by atoms with Crippen LogP contribution in [-0.2, 0) is 5.41 Å². The molecule has 40 heavy (non-hydrogen) atoms. The topological polar surface area (TPSA) is 25.8 Å². The number of thiophene rings is 1. The molecular formula is C37H26N2S. The van der Waals surface area contributed by atoms with Crippen LogP contribution in [0.4, 0.5) is 0 Å². The fraction of sp³-hybridized carbons (Fsp3) is 0.0811. The van der Waals surface area contributed by atoms with Crippen LogP contribution in [0.3, 0.4) is 0 Å². The monoisotopic (exact) mass is 530 g/mol. The van der Waals surface area contributed by atoms with Gasteiger partial charge in [0.15, 0.2) is 5.82 Å². The molecule has 190 valence electrons. The van der Waals surface area contributed by atoms with Gasteiger partial charge in [-0.2, -0.15) is 0 Å². The summed E-state index contributed by atoms with van der Waals surface area (Å²) in [6, 6.07) is 43.2. The summed E-state index contributed by atoms with van der Waals surface area (Å²) in [5, 5.41) is 2.62. The van der Waals surface area contributed by atoms with E-state index in [1.807, 2.05) is 11.3 Å². The minimum atomic E-state index is -0.186. The van der Waals surface area contributed by atoms with E-state index in [1.54, 1.807) is 0 Å². The Bertz CT molecular complexity index is 2090. The third-order valence-electron chi connectivity index (χ3n) is 8.27. The minimum absolute atomic E-state index is 0.186. The molecule has 0 saturated heterocycles. The van der Waals surface area contributed by atoms with Gasteiger partial charge in [0.2, 0.25) is 0 Å². The van der Waals surface area contributed by atoms with E-state index in [9.17, 15) is 0 Å². The normalized spacial score (nSPS) is 13.4. The van der Waals surface area contributed by atoms with Gasteiger partial charge in [0.25, 0.3) is 0 Å². The lowest BCUT2D eigenvalue weighted by Gasteiger charge is -2.23. The van der Waals surface area contributed by atoms with Crippen LogP contribution in [0.2, 0.25) is 0 Å². The molecule has 0 fully saturated rings. The third-order valence-corrected chi connectivity index (χ3v) is 9.49. The summed E-state index contributed by atoms with van der Waals surface area (Å²) in [6.45, 7) is 4.58. The number of rotatable bonds is 3. The highest BCUT2D eigenvalue weighted by atomic mass is 32.1. The quantitative estimate of drug-likeness (QED) is 0.227. The van der Waals surface area contributed by atoms with Crippen molar-refractivity contribution in [2.75, 3.05) is 0 Å². The summed E-state index contributed by atoms with van der Waals surface area (Å²) in [7, 11) is 0. The van der Waals surface area contributed by atoms with Crippen molar-refractivity contribution in [3.63, 3.8) is 0 Å². The van der Waals surface area contributed by atoms with Gasteiger partial charge in [0, 0.05) is 47.8 Å². The van der Waals surface area contributed by atoms with Crippen molar-refractivity contribution in [1.82, 2.24) is 9.97 Å². The van der Waals surface area contributed by atoms with Crippen molar-refractivity contribution >= 4 is 31.5 Å². The summed E-state index contributed by atoms with van der Waals surface area (Å²) >= 11 is 1.86. The Morgan fingerprint density at radius 1 is 0.550 bits per heavy atom. The Morgan fingerprint density at radius 3 is 2.10 bits per heavy atom. The van der Waals surface area contributed by atoms with Gasteiger partial charge < -0.3 is 0 Å². The smallest absolute Gasteiger partial charge is 0.160 e. The van der Waals surface area contributed by atoms with Gasteiger partial charge in [-0.15, -0.1) is 11.3 Å². The predicted molar refractivity (Wildman–Crippen MR) is 169 cm³/mol. The Balaban J connectivity index is 1.35. The maximum Gasteiger partial charge on any atom is 0.160 e. The molecule has 2 heterocycles. The zero-order chi connectivity index (χ0) is 26.8. The Morgan fingerprint density at radius 2 is 1.20 bits per heavy atom. The van der Waals surface area contributed by atoms with Crippen molar-refractivity contribution in [2.24, 2.45) is 0 Å². The van der Waals surface area contributed by atoms with Crippen molar-refractivity contribution in [3.8, 4) is 45.0 Å². The molecule has 0 spiro atoms. The molecule has 3 heteroatoms. The average Bonchev–Trinajstić information content (AvgIpc) is 3.50. The van der Waals surface area contributed by atoms with Gasteiger partial charge >= 0.3 is 0 Å². The van der Waals surface area contributed by atoms with E-state index in [1.165, 1.54) is 48.0 Å². The Kier molecular flexibility index (Phi) is 5.07. The van der Waals surface area contributed by atoms with E-state index in [0.29, 0.717) is 0 Å². The van der Waals surface area contributed by atoms with Crippen molar-refractivity contribution < 1.29 is 0 Å². The molecule has 2 aromatic heterocycles. The molecule has 0 unspecified atom stereocenters. The second kappa shape index (κ2) is 8.70. The number of hydrogen-bond acceptors (Lipinski definition) is 3. The van der Waals surface area contributed by atoms with Crippen LogP contribution in [0.25, 0.3) is 65.2 Å². The third kappa shape index (κ3) is 3.41. The Hall–Kier alpha value is -4.60. The second-order valence-electron chi connectivity index (χ2n) is 11.0. The largest absolute Gasteiger partial charge is 0.228 e. The molecule has 5 aromatic carbocycles.